The third kappa shape index (κ3) is 4.06. The van der Waals surface area contributed by atoms with Gasteiger partial charge in [-0.15, -0.1) is 0 Å². The standard InChI is InChI=1S/C23H17ClF6N2O/c1-13-8-6-7-11-15(13)16-12-17(24)32-19(18(16)20(33)31-2)21(22(25,26)27,23(28,29)30)14-9-4-3-5-10-14/h3-12H,1-2H3,(H,31,33). The van der Waals surface area contributed by atoms with Gasteiger partial charge in [0.1, 0.15) is 5.15 Å². The van der Waals surface area contributed by atoms with E-state index in [-0.39, 0.29) is 11.1 Å². The van der Waals surface area contributed by atoms with Crippen LogP contribution in [0.3, 0.4) is 0 Å². The van der Waals surface area contributed by atoms with E-state index in [1.807, 2.05) is 0 Å². The van der Waals surface area contributed by atoms with Gasteiger partial charge in [-0.05, 0) is 35.2 Å². The zero-order valence-corrected chi connectivity index (χ0v) is 18.0. The maximum Gasteiger partial charge on any atom is 0.412 e. The predicted molar refractivity (Wildman–Crippen MR) is 112 cm³/mol. The average molecular weight is 487 g/mol. The molecule has 10 heteroatoms. The zero-order chi connectivity index (χ0) is 24.6. The van der Waals surface area contributed by atoms with Crippen molar-refractivity contribution in [1.82, 2.24) is 10.3 Å². The van der Waals surface area contributed by atoms with E-state index < -0.39 is 45.6 Å². The van der Waals surface area contributed by atoms with Gasteiger partial charge in [-0.25, -0.2) is 4.98 Å². The highest BCUT2D eigenvalue weighted by Crippen LogP contribution is 2.57. The number of aryl methyl sites for hydroxylation is 1. The molecular weight excluding hydrogens is 470 g/mol. The van der Waals surface area contributed by atoms with Crippen molar-refractivity contribution in [1.29, 1.82) is 0 Å². The highest BCUT2D eigenvalue weighted by atomic mass is 35.5. The molecule has 0 aliphatic heterocycles. The van der Waals surface area contributed by atoms with Crippen LogP contribution in [0.4, 0.5) is 26.3 Å². The molecule has 0 saturated carbocycles. The minimum absolute atomic E-state index is 0.198. The van der Waals surface area contributed by atoms with Crippen LogP contribution in [0.1, 0.15) is 27.2 Å². The first-order chi connectivity index (χ1) is 15.4. The molecule has 3 aromatic rings. The zero-order valence-electron chi connectivity index (χ0n) is 17.3. The van der Waals surface area contributed by atoms with Gasteiger partial charge in [0, 0.05) is 7.05 Å². The Hall–Kier alpha value is -3.07. The molecule has 1 aromatic heterocycles. The minimum Gasteiger partial charge on any atom is -0.355 e. The average Bonchev–Trinajstić information content (AvgIpc) is 2.72. The largest absolute Gasteiger partial charge is 0.412 e. The molecule has 1 amide bonds. The summed E-state index contributed by atoms with van der Waals surface area (Å²) in [6, 6.07) is 12.1. The van der Waals surface area contributed by atoms with Crippen molar-refractivity contribution in [2.45, 2.75) is 24.7 Å². The SMILES string of the molecule is CNC(=O)c1c(-c2ccccc2C)cc(Cl)nc1C(c1ccccc1)(C(F)(F)F)C(F)(F)F. The fraction of sp³-hybridized carbons (Fsp3) is 0.217. The van der Waals surface area contributed by atoms with Gasteiger partial charge in [0.2, 0.25) is 5.41 Å². The first kappa shape index (κ1) is 24.6. The van der Waals surface area contributed by atoms with Gasteiger partial charge >= 0.3 is 12.4 Å². The number of aromatic nitrogens is 1. The van der Waals surface area contributed by atoms with E-state index in [0.29, 0.717) is 17.7 Å². The molecule has 0 fully saturated rings. The molecule has 174 valence electrons. The molecule has 1 N–H and O–H groups in total. The van der Waals surface area contributed by atoms with Crippen molar-refractivity contribution in [3.63, 3.8) is 0 Å². The van der Waals surface area contributed by atoms with E-state index in [0.717, 1.165) is 25.2 Å². The lowest BCUT2D eigenvalue weighted by Gasteiger charge is -2.38. The molecule has 0 spiro atoms. The number of hydrogen-bond acceptors (Lipinski definition) is 2. The lowest BCUT2D eigenvalue weighted by molar-refractivity contribution is -0.289. The van der Waals surface area contributed by atoms with Crippen molar-refractivity contribution >= 4 is 17.5 Å². The van der Waals surface area contributed by atoms with Gasteiger partial charge in [-0.3, -0.25) is 4.79 Å². The first-order valence-electron chi connectivity index (χ1n) is 9.54. The van der Waals surface area contributed by atoms with E-state index in [2.05, 4.69) is 10.3 Å². The maximum absolute atomic E-state index is 14.6. The molecule has 0 aliphatic rings. The summed E-state index contributed by atoms with van der Waals surface area (Å²) in [6.07, 6.45) is -11.8. The minimum atomic E-state index is -5.92. The molecule has 0 aliphatic carbocycles. The number of benzene rings is 2. The Bertz CT molecular complexity index is 1160. The van der Waals surface area contributed by atoms with Crippen LogP contribution in [0, 0.1) is 6.92 Å². The van der Waals surface area contributed by atoms with E-state index in [1.54, 1.807) is 25.1 Å². The molecule has 33 heavy (non-hydrogen) atoms. The summed E-state index contributed by atoms with van der Waals surface area (Å²) >= 11 is 5.99. The summed E-state index contributed by atoms with van der Waals surface area (Å²) in [6.45, 7) is 1.61. The van der Waals surface area contributed by atoms with E-state index in [9.17, 15) is 31.1 Å². The molecule has 0 saturated heterocycles. The van der Waals surface area contributed by atoms with Gasteiger partial charge in [0.05, 0.1) is 11.3 Å². The number of nitrogens with one attached hydrogen (secondary N) is 1. The summed E-state index contributed by atoms with van der Waals surface area (Å²) in [4.78, 5) is 16.4. The Morgan fingerprint density at radius 1 is 0.879 bits per heavy atom. The molecule has 1 heterocycles. The molecule has 3 rings (SSSR count). The van der Waals surface area contributed by atoms with Crippen molar-refractivity contribution in [3.05, 3.63) is 88.2 Å². The Labute approximate surface area is 190 Å². The first-order valence-corrected chi connectivity index (χ1v) is 9.92. The fourth-order valence-corrected chi connectivity index (χ4v) is 4.00. The summed E-state index contributed by atoms with van der Waals surface area (Å²) in [7, 11) is 1.10. The second-order valence-corrected chi connectivity index (χ2v) is 7.61. The quantitative estimate of drug-likeness (QED) is 0.339. The van der Waals surface area contributed by atoms with Crippen molar-refractivity contribution in [2.75, 3.05) is 7.05 Å². The molecule has 0 unspecified atom stereocenters. The van der Waals surface area contributed by atoms with Crippen LogP contribution >= 0.6 is 11.6 Å². The lowest BCUT2D eigenvalue weighted by atomic mass is 9.72. The number of halogens is 7. The third-order valence-corrected chi connectivity index (χ3v) is 5.48. The number of carbonyl (C=O) groups is 1. The normalized spacial score (nSPS) is 12.5. The van der Waals surface area contributed by atoms with Crippen LogP contribution in [0.15, 0.2) is 60.7 Å². The van der Waals surface area contributed by atoms with Gasteiger partial charge in [-0.1, -0.05) is 66.2 Å². The van der Waals surface area contributed by atoms with Gasteiger partial charge in [-0.2, -0.15) is 26.3 Å². The van der Waals surface area contributed by atoms with Gasteiger partial charge in [0.25, 0.3) is 5.91 Å². The predicted octanol–water partition coefficient (Wildman–Crippen LogP) is 6.48. The van der Waals surface area contributed by atoms with Crippen LogP contribution in [0.2, 0.25) is 5.15 Å². The van der Waals surface area contributed by atoms with Crippen LogP contribution in [0.25, 0.3) is 11.1 Å². The fourth-order valence-electron chi connectivity index (χ4n) is 3.81. The Balaban J connectivity index is 2.62. The molecule has 3 nitrogen and oxygen atoms in total. The lowest BCUT2D eigenvalue weighted by Crippen LogP contribution is -2.56. The van der Waals surface area contributed by atoms with Crippen LogP contribution < -0.4 is 5.32 Å². The third-order valence-electron chi connectivity index (χ3n) is 5.29. The van der Waals surface area contributed by atoms with Crippen molar-refractivity contribution in [2.24, 2.45) is 0 Å². The van der Waals surface area contributed by atoms with Crippen molar-refractivity contribution < 1.29 is 31.1 Å². The van der Waals surface area contributed by atoms with E-state index in [1.165, 1.54) is 12.1 Å². The molecular formula is C23H17ClF6N2O. The molecule has 2 aromatic carbocycles. The Morgan fingerprint density at radius 3 is 1.94 bits per heavy atom. The molecule has 0 atom stereocenters. The topological polar surface area (TPSA) is 42.0 Å². The number of nitrogens with zero attached hydrogens (tertiary/aromatic N) is 1. The highest BCUT2D eigenvalue weighted by molar-refractivity contribution is 6.30. The van der Waals surface area contributed by atoms with E-state index >= 15 is 0 Å². The van der Waals surface area contributed by atoms with Crippen molar-refractivity contribution in [3.8, 4) is 11.1 Å². The summed E-state index contributed by atoms with van der Waals surface area (Å²) in [5, 5.41) is 1.52. The maximum atomic E-state index is 14.6. The number of amides is 1. The molecule has 0 bridgehead atoms. The smallest absolute Gasteiger partial charge is 0.355 e. The summed E-state index contributed by atoms with van der Waals surface area (Å²) in [5.41, 5.74) is -7.61. The van der Waals surface area contributed by atoms with E-state index in [4.69, 9.17) is 11.6 Å². The van der Waals surface area contributed by atoms with Crippen LogP contribution in [-0.4, -0.2) is 30.3 Å². The van der Waals surface area contributed by atoms with Gasteiger partial charge in [0.15, 0.2) is 0 Å². The summed E-state index contributed by atoms with van der Waals surface area (Å²) in [5.74, 6) is -1.17. The number of pyridine rings is 1. The number of rotatable bonds is 4. The number of hydrogen-bond donors (Lipinski definition) is 1. The van der Waals surface area contributed by atoms with Crippen LogP contribution in [-0.2, 0) is 5.41 Å². The second-order valence-electron chi connectivity index (χ2n) is 7.22. The summed E-state index contributed by atoms with van der Waals surface area (Å²) < 4.78 is 87.6. The monoisotopic (exact) mass is 486 g/mol. The Morgan fingerprint density at radius 2 is 1.42 bits per heavy atom. The Kier molecular flexibility index (Phi) is 6.48. The highest BCUT2D eigenvalue weighted by Gasteiger charge is 2.74. The molecule has 0 radical (unpaired) electrons. The van der Waals surface area contributed by atoms with Gasteiger partial charge < -0.3 is 5.32 Å². The van der Waals surface area contributed by atoms with Crippen LogP contribution in [0.5, 0.6) is 0 Å². The number of alkyl halides is 6. The second kappa shape index (κ2) is 8.70. The number of carbonyl (C=O) groups excluding carboxylic acids is 1.